The van der Waals surface area contributed by atoms with Crippen molar-refractivity contribution in [1.29, 1.82) is 0 Å². The molecule has 3 atom stereocenters. The average molecular weight is 519 g/mol. The summed E-state index contributed by atoms with van der Waals surface area (Å²) in [6, 6.07) is 0. The highest BCUT2D eigenvalue weighted by Crippen LogP contribution is 2.53. The topological polar surface area (TPSA) is 35.5 Å². The van der Waals surface area contributed by atoms with E-state index in [1.807, 2.05) is 0 Å². The first-order valence-corrected chi connectivity index (χ1v) is 16.5. The van der Waals surface area contributed by atoms with Crippen molar-refractivity contribution >= 4 is 5.97 Å². The fourth-order valence-electron chi connectivity index (χ4n) is 6.73. The van der Waals surface area contributed by atoms with Gasteiger partial charge in [0.2, 0.25) is 0 Å². The third-order valence-electron chi connectivity index (χ3n) is 9.12. The van der Waals surface area contributed by atoms with Gasteiger partial charge in [-0.15, -0.1) is 0 Å². The molecule has 2 rings (SSSR count). The minimum Gasteiger partial charge on any atom is -0.462 e. The number of esters is 1. The quantitative estimate of drug-likeness (QED) is 0.0685. The van der Waals surface area contributed by atoms with Crippen LogP contribution in [0.25, 0.3) is 0 Å². The SMILES string of the molecule is C=C(C)C(=O)OCC1CC2CCC1(OCCCCCCCCCCCCCCCCCCCCCC)C2. The minimum absolute atomic E-state index is 0.0199. The number of unbranched alkanes of at least 4 members (excludes halogenated alkanes) is 19. The van der Waals surface area contributed by atoms with Crippen LogP contribution in [-0.4, -0.2) is 24.8 Å². The van der Waals surface area contributed by atoms with Crippen LogP contribution < -0.4 is 0 Å². The van der Waals surface area contributed by atoms with E-state index in [1.54, 1.807) is 6.92 Å². The van der Waals surface area contributed by atoms with Gasteiger partial charge >= 0.3 is 5.97 Å². The van der Waals surface area contributed by atoms with E-state index in [2.05, 4.69) is 13.5 Å². The van der Waals surface area contributed by atoms with Gasteiger partial charge in [-0.2, -0.15) is 0 Å². The second-order valence-electron chi connectivity index (χ2n) is 12.6. The van der Waals surface area contributed by atoms with Gasteiger partial charge in [0.25, 0.3) is 0 Å². The highest BCUT2D eigenvalue weighted by atomic mass is 16.5. The van der Waals surface area contributed by atoms with Crippen molar-refractivity contribution in [2.24, 2.45) is 11.8 Å². The molecular formula is C34H62O3. The van der Waals surface area contributed by atoms with E-state index < -0.39 is 0 Å². The third-order valence-corrected chi connectivity index (χ3v) is 9.12. The number of hydrogen-bond donors (Lipinski definition) is 0. The number of ether oxygens (including phenoxy) is 2. The lowest BCUT2D eigenvalue weighted by molar-refractivity contribution is -0.146. The van der Waals surface area contributed by atoms with Gasteiger partial charge in [-0.05, 0) is 44.9 Å². The molecule has 216 valence electrons. The number of carbonyl (C=O) groups excluding carboxylic acids is 1. The molecule has 0 aromatic rings. The maximum atomic E-state index is 11.8. The first kappa shape index (κ1) is 32.4. The van der Waals surface area contributed by atoms with Gasteiger partial charge in [0, 0.05) is 18.1 Å². The molecule has 0 spiro atoms. The Bertz CT molecular complexity index is 600. The lowest BCUT2D eigenvalue weighted by atomic mass is 9.85. The zero-order valence-corrected chi connectivity index (χ0v) is 25.0. The largest absolute Gasteiger partial charge is 0.462 e. The molecule has 3 nitrogen and oxygen atoms in total. The number of carbonyl (C=O) groups is 1. The second-order valence-corrected chi connectivity index (χ2v) is 12.6. The van der Waals surface area contributed by atoms with E-state index in [-0.39, 0.29) is 11.6 Å². The maximum Gasteiger partial charge on any atom is 0.333 e. The predicted molar refractivity (Wildman–Crippen MR) is 158 cm³/mol. The van der Waals surface area contributed by atoms with E-state index in [0.717, 1.165) is 25.4 Å². The molecule has 3 heteroatoms. The Kier molecular flexibility index (Phi) is 17.6. The Morgan fingerprint density at radius 2 is 1.22 bits per heavy atom. The van der Waals surface area contributed by atoms with Gasteiger partial charge in [0.15, 0.2) is 0 Å². The summed E-state index contributed by atoms with van der Waals surface area (Å²) in [5.41, 5.74) is 0.468. The van der Waals surface area contributed by atoms with E-state index in [0.29, 0.717) is 18.1 Å². The van der Waals surface area contributed by atoms with Gasteiger partial charge in [0.05, 0.1) is 12.2 Å². The molecule has 0 aromatic carbocycles. The molecule has 0 heterocycles. The fraction of sp³-hybridized carbons (Fsp3) is 0.912. The first-order valence-electron chi connectivity index (χ1n) is 16.5. The van der Waals surface area contributed by atoms with Crippen molar-refractivity contribution in [2.75, 3.05) is 13.2 Å². The molecule has 0 saturated heterocycles. The molecule has 3 unspecified atom stereocenters. The van der Waals surface area contributed by atoms with Crippen LogP contribution in [0.5, 0.6) is 0 Å². The van der Waals surface area contributed by atoms with Crippen LogP contribution in [0.1, 0.15) is 168 Å². The molecular weight excluding hydrogens is 456 g/mol. The Morgan fingerprint density at radius 1 is 0.757 bits per heavy atom. The summed E-state index contributed by atoms with van der Waals surface area (Å²) in [5, 5.41) is 0. The van der Waals surface area contributed by atoms with Crippen LogP contribution in [0.2, 0.25) is 0 Å². The van der Waals surface area contributed by atoms with Gasteiger partial charge < -0.3 is 9.47 Å². The monoisotopic (exact) mass is 518 g/mol. The molecule has 2 bridgehead atoms. The lowest BCUT2D eigenvalue weighted by Gasteiger charge is -2.35. The lowest BCUT2D eigenvalue weighted by Crippen LogP contribution is -2.39. The molecule has 0 aliphatic heterocycles. The summed E-state index contributed by atoms with van der Waals surface area (Å²) in [4.78, 5) is 11.8. The molecule has 37 heavy (non-hydrogen) atoms. The van der Waals surface area contributed by atoms with Gasteiger partial charge in [-0.1, -0.05) is 135 Å². The molecule has 2 saturated carbocycles. The summed E-state index contributed by atoms with van der Waals surface area (Å²) in [6.07, 6.45) is 33.0. The number of fused-ring (bicyclic) bond motifs is 2. The Morgan fingerprint density at radius 3 is 1.65 bits per heavy atom. The molecule has 0 N–H and O–H groups in total. The molecule has 2 fully saturated rings. The van der Waals surface area contributed by atoms with E-state index >= 15 is 0 Å². The molecule has 0 radical (unpaired) electrons. The average Bonchev–Trinajstić information content (AvgIpc) is 3.46. The van der Waals surface area contributed by atoms with Crippen molar-refractivity contribution in [3.63, 3.8) is 0 Å². The summed E-state index contributed by atoms with van der Waals surface area (Å²) >= 11 is 0. The first-order chi connectivity index (χ1) is 18.1. The fourth-order valence-corrected chi connectivity index (χ4v) is 6.73. The van der Waals surface area contributed by atoms with Crippen LogP contribution >= 0.6 is 0 Å². The van der Waals surface area contributed by atoms with Gasteiger partial charge in [-0.25, -0.2) is 4.79 Å². The van der Waals surface area contributed by atoms with Crippen molar-refractivity contribution in [3.05, 3.63) is 12.2 Å². The molecule has 2 aliphatic rings. The normalized spacial score (nSPS) is 22.5. The smallest absolute Gasteiger partial charge is 0.333 e. The molecule has 2 aliphatic carbocycles. The van der Waals surface area contributed by atoms with Crippen LogP contribution in [0.3, 0.4) is 0 Å². The predicted octanol–water partition coefficient (Wildman–Crippen LogP) is 10.5. The van der Waals surface area contributed by atoms with Crippen LogP contribution in [0.15, 0.2) is 12.2 Å². The van der Waals surface area contributed by atoms with Crippen molar-refractivity contribution < 1.29 is 14.3 Å². The maximum absolute atomic E-state index is 11.8. The summed E-state index contributed by atoms with van der Waals surface area (Å²) < 4.78 is 12.0. The van der Waals surface area contributed by atoms with Crippen LogP contribution in [-0.2, 0) is 14.3 Å². The second kappa shape index (κ2) is 20.1. The number of rotatable bonds is 25. The van der Waals surface area contributed by atoms with Crippen LogP contribution in [0.4, 0.5) is 0 Å². The molecule has 0 amide bonds. The van der Waals surface area contributed by atoms with Crippen molar-refractivity contribution in [2.45, 2.75) is 174 Å². The van der Waals surface area contributed by atoms with Gasteiger partial charge in [0.1, 0.15) is 0 Å². The Labute approximate surface area is 230 Å². The Hall–Kier alpha value is -0.830. The van der Waals surface area contributed by atoms with Crippen molar-refractivity contribution in [3.8, 4) is 0 Å². The van der Waals surface area contributed by atoms with E-state index in [9.17, 15) is 4.79 Å². The van der Waals surface area contributed by atoms with Crippen molar-refractivity contribution in [1.82, 2.24) is 0 Å². The summed E-state index contributed by atoms with van der Waals surface area (Å²) in [5.74, 6) is 0.884. The molecule has 0 aromatic heterocycles. The summed E-state index contributed by atoms with van der Waals surface area (Å²) in [6.45, 7) is 9.08. The Balaban J connectivity index is 1.33. The van der Waals surface area contributed by atoms with Crippen LogP contribution in [0, 0.1) is 11.8 Å². The number of hydrogen-bond acceptors (Lipinski definition) is 3. The zero-order chi connectivity index (χ0) is 26.6. The zero-order valence-electron chi connectivity index (χ0n) is 25.0. The highest BCUT2D eigenvalue weighted by molar-refractivity contribution is 5.86. The summed E-state index contributed by atoms with van der Waals surface area (Å²) in [7, 11) is 0. The highest BCUT2D eigenvalue weighted by Gasteiger charge is 2.53. The van der Waals surface area contributed by atoms with E-state index in [1.165, 1.54) is 141 Å². The van der Waals surface area contributed by atoms with Gasteiger partial charge in [-0.3, -0.25) is 0 Å². The van der Waals surface area contributed by atoms with E-state index in [4.69, 9.17) is 9.47 Å². The standard InChI is InChI=1S/C34H62O3/c1-4-5-6-7-8-9-10-11-12-13-14-15-16-17-18-19-20-21-22-23-26-37-34-25-24-31(28-34)27-32(34)29-36-33(35)30(2)3/h31-32H,2,4-29H2,1,3H3. The third kappa shape index (κ3) is 13.7. The minimum atomic E-state index is -0.257.